The van der Waals surface area contributed by atoms with Gasteiger partial charge in [-0.25, -0.2) is 4.39 Å². The van der Waals surface area contributed by atoms with Crippen molar-refractivity contribution in [3.8, 4) is 0 Å². The lowest BCUT2D eigenvalue weighted by molar-refractivity contribution is -0.384. The van der Waals surface area contributed by atoms with Gasteiger partial charge in [-0.05, 0) is 12.0 Å². The summed E-state index contributed by atoms with van der Waals surface area (Å²) in [6.45, 7) is 3.44. The van der Waals surface area contributed by atoms with Crippen molar-refractivity contribution in [2.45, 2.75) is 19.9 Å². The van der Waals surface area contributed by atoms with Gasteiger partial charge in [0.25, 0.3) is 5.69 Å². The van der Waals surface area contributed by atoms with Gasteiger partial charge in [-0.2, -0.15) is 0 Å². The van der Waals surface area contributed by atoms with Gasteiger partial charge in [-0.15, -0.1) is 0 Å². The maximum atomic E-state index is 13.5. The topological polar surface area (TPSA) is 98.3 Å². The highest BCUT2D eigenvalue weighted by atomic mass is 19.1. The molecule has 0 aliphatic carbocycles. The number of para-hydroxylation sites is 1. The third kappa shape index (κ3) is 3.01. The number of nitro benzene ring substituents is 1. The average Bonchev–Trinajstić information content (AvgIpc) is 2.30. The summed E-state index contributed by atoms with van der Waals surface area (Å²) in [6, 6.07) is 2.48. The number of nitro groups is 1. The van der Waals surface area contributed by atoms with Gasteiger partial charge in [0.1, 0.15) is 0 Å². The van der Waals surface area contributed by atoms with Crippen molar-refractivity contribution in [1.29, 1.82) is 0 Å². The third-order valence-corrected chi connectivity index (χ3v) is 2.46. The first-order valence-electron chi connectivity index (χ1n) is 5.34. The number of benzene rings is 1. The fourth-order valence-corrected chi connectivity index (χ4v) is 1.30. The summed E-state index contributed by atoms with van der Waals surface area (Å²) in [4.78, 5) is 21.6. The molecule has 1 aromatic rings. The molecule has 0 aromatic heterocycles. The molecule has 0 unspecified atom stereocenters. The van der Waals surface area contributed by atoms with Crippen LogP contribution in [0.5, 0.6) is 0 Å². The van der Waals surface area contributed by atoms with E-state index in [1.807, 2.05) is 0 Å². The van der Waals surface area contributed by atoms with Gasteiger partial charge in [0.05, 0.1) is 11.0 Å². The standard InChI is InChI=1S/C11H14FN3O3/c1-6(2)9(13)11(16)14-10-7(12)4-3-5-8(10)15(17)18/h3-6,9H,13H2,1-2H3,(H,14,16)/t9-/m0/s1. The highest BCUT2D eigenvalue weighted by Crippen LogP contribution is 2.27. The van der Waals surface area contributed by atoms with Gasteiger partial charge in [-0.3, -0.25) is 14.9 Å². The van der Waals surface area contributed by atoms with Crippen LogP contribution in [0.4, 0.5) is 15.8 Å². The Morgan fingerprint density at radius 3 is 2.61 bits per heavy atom. The van der Waals surface area contributed by atoms with E-state index in [1.165, 1.54) is 6.07 Å². The molecule has 1 amide bonds. The van der Waals surface area contributed by atoms with E-state index >= 15 is 0 Å². The molecule has 18 heavy (non-hydrogen) atoms. The summed E-state index contributed by atoms with van der Waals surface area (Å²) in [5.41, 5.74) is 4.62. The second-order valence-electron chi connectivity index (χ2n) is 4.15. The Morgan fingerprint density at radius 2 is 2.11 bits per heavy atom. The van der Waals surface area contributed by atoms with Crippen molar-refractivity contribution in [1.82, 2.24) is 0 Å². The maximum Gasteiger partial charge on any atom is 0.295 e. The van der Waals surface area contributed by atoms with Gasteiger partial charge in [0, 0.05) is 6.07 Å². The average molecular weight is 255 g/mol. The minimum Gasteiger partial charge on any atom is -0.320 e. The van der Waals surface area contributed by atoms with Crippen molar-refractivity contribution < 1.29 is 14.1 Å². The fourth-order valence-electron chi connectivity index (χ4n) is 1.30. The van der Waals surface area contributed by atoms with Crippen molar-refractivity contribution >= 4 is 17.3 Å². The van der Waals surface area contributed by atoms with Crippen LogP contribution in [0.3, 0.4) is 0 Å². The zero-order chi connectivity index (χ0) is 13.9. The first-order chi connectivity index (χ1) is 8.34. The third-order valence-electron chi connectivity index (χ3n) is 2.46. The number of hydrogen-bond donors (Lipinski definition) is 2. The van der Waals surface area contributed by atoms with E-state index in [2.05, 4.69) is 5.32 Å². The number of carbonyl (C=O) groups is 1. The molecule has 0 fully saturated rings. The van der Waals surface area contributed by atoms with E-state index in [0.29, 0.717) is 0 Å². The molecule has 6 nitrogen and oxygen atoms in total. The Kier molecular flexibility index (Phi) is 4.33. The summed E-state index contributed by atoms with van der Waals surface area (Å²) in [5, 5.41) is 12.9. The first-order valence-corrected chi connectivity index (χ1v) is 5.34. The Bertz CT molecular complexity index is 477. The molecule has 3 N–H and O–H groups in total. The van der Waals surface area contributed by atoms with Crippen LogP contribution in [0.2, 0.25) is 0 Å². The summed E-state index contributed by atoms with van der Waals surface area (Å²) in [7, 11) is 0. The van der Waals surface area contributed by atoms with Crippen molar-refractivity contribution in [2.75, 3.05) is 5.32 Å². The van der Waals surface area contributed by atoms with Crippen molar-refractivity contribution in [3.63, 3.8) is 0 Å². The zero-order valence-electron chi connectivity index (χ0n) is 10.0. The van der Waals surface area contributed by atoms with E-state index in [4.69, 9.17) is 5.73 Å². The molecule has 0 radical (unpaired) electrons. The molecule has 0 spiro atoms. The van der Waals surface area contributed by atoms with Crippen LogP contribution in [-0.4, -0.2) is 16.9 Å². The predicted molar refractivity (Wildman–Crippen MR) is 64.5 cm³/mol. The number of rotatable bonds is 4. The first kappa shape index (κ1) is 14.0. The van der Waals surface area contributed by atoms with Crippen LogP contribution < -0.4 is 11.1 Å². The predicted octanol–water partition coefficient (Wildman–Crippen LogP) is 1.66. The van der Waals surface area contributed by atoms with Crippen LogP contribution in [0.1, 0.15) is 13.8 Å². The molecule has 0 saturated carbocycles. The number of carbonyl (C=O) groups excluding carboxylic acids is 1. The molecule has 1 aromatic carbocycles. The second-order valence-corrected chi connectivity index (χ2v) is 4.15. The van der Waals surface area contributed by atoms with Crippen LogP contribution in [0.15, 0.2) is 18.2 Å². The number of nitrogens with zero attached hydrogens (tertiary/aromatic N) is 1. The minimum atomic E-state index is -0.867. The van der Waals surface area contributed by atoms with E-state index in [9.17, 15) is 19.3 Å². The molecule has 7 heteroatoms. The maximum absolute atomic E-state index is 13.5. The molecule has 0 heterocycles. The van der Waals surface area contributed by atoms with Crippen LogP contribution in [0, 0.1) is 21.8 Å². The highest BCUT2D eigenvalue weighted by molar-refractivity contribution is 5.96. The smallest absolute Gasteiger partial charge is 0.295 e. The van der Waals surface area contributed by atoms with E-state index < -0.39 is 34.1 Å². The van der Waals surface area contributed by atoms with Crippen LogP contribution in [0.25, 0.3) is 0 Å². The molecule has 0 aliphatic rings. The summed E-state index contributed by atoms with van der Waals surface area (Å²) in [5.74, 6) is -1.68. The van der Waals surface area contributed by atoms with Crippen LogP contribution >= 0.6 is 0 Å². The number of nitrogens with one attached hydrogen (secondary N) is 1. The molecule has 1 atom stereocenters. The highest BCUT2D eigenvalue weighted by Gasteiger charge is 2.23. The molecule has 0 saturated heterocycles. The molecule has 0 bridgehead atoms. The van der Waals surface area contributed by atoms with Gasteiger partial charge >= 0.3 is 0 Å². The van der Waals surface area contributed by atoms with Crippen LogP contribution in [-0.2, 0) is 4.79 Å². The normalized spacial score (nSPS) is 12.3. The van der Waals surface area contributed by atoms with Crippen molar-refractivity contribution in [3.05, 3.63) is 34.1 Å². The molecule has 0 aliphatic heterocycles. The van der Waals surface area contributed by atoms with E-state index in [0.717, 1.165) is 12.1 Å². The number of nitrogens with two attached hydrogens (primary N) is 1. The van der Waals surface area contributed by atoms with E-state index in [1.54, 1.807) is 13.8 Å². The minimum absolute atomic E-state index is 0.157. The monoisotopic (exact) mass is 255 g/mol. The van der Waals surface area contributed by atoms with Gasteiger partial charge in [0.2, 0.25) is 5.91 Å². The lowest BCUT2D eigenvalue weighted by Gasteiger charge is -2.15. The Morgan fingerprint density at radius 1 is 1.50 bits per heavy atom. The summed E-state index contributed by atoms with van der Waals surface area (Å²) < 4.78 is 13.5. The summed E-state index contributed by atoms with van der Waals surface area (Å²) in [6.07, 6.45) is 0. The number of anilines is 1. The number of hydrogen-bond acceptors (Lipinski definition) is 4. The molecule has 1 rings (SSSR count). The van der Waals surface area contributed by atoms with Gasteiger partial charge in [-0.1, -0.05) is 19.9 Å². The zero-order valence-corrected chi connectivity index (χ0v) is 10.0. The largest absolute Gasteiger partial charge is 0.320 e. The lowest BCUT2D eigenvalue weighted by Crippen LogP contribution is -2.40. The van der Waals surface area contributed by atoms with Crippen molar-refractivity contribution in [2.24, 2.45) is 11.7 Å². The Balaban J connectivity index is 3.04. The lowest BCUT2D eigenvalue weighted by atomic mass is 10.0. The molecular formula is C11H14FN3O3. The quantitative estimate of drug-likeness (QED) is 0.631. The Labute approximate surface area is 103 Å². The SMILES string of the molecule is CC(C)[C@H](N)C(=O)Nc1c(F)cccc1[N+](=O)[O-]. The second kappa shape index (κ2) is 5.54. The van der Waals surface area contributed by atoms with Gasteiger partial charge < -0.3 is 11.1 Å². The Hall–Kier alpha value is -2.02. The number of halogens is 1. The fraction of sp³-hybridized carbons (Fsp3) is 0.364. The number of amides is 1. The molecular weight excluding hydrogens is 241 g/mol. The summed E-state index contributed by atoms with van der Waals surface area (Å²) >= 11 is 0. The van der Waals surface area contributed by atoms with Gasteiger partial charge in [0.15, 0.2) is 11.5 Å². The van der Waals surface area contributed by atoms with E-state index in [-0.39, 0.29) is 5.92 Å². The molecule has 98 valence electrons.